The number of nitrogens with zero attached hydrogens (tertiary/aromatic N) is 9. The third-order valence-corrected chi connectivity index (χ3v) is 13.2. The van der Waals surface area contributed by atoms with Crippen molar-refractivity contribution in [1.29, 1.82) is 0 Å². The first kappa shape index (κ1) is 39.7. The zero-order valence-corrected chi connectivity index (χ0v) is 34.8. The molecule has 6 N–H and O–H groups in total. The number of piperidine rings is 1. The maximum absolute atomic E-state index is 13.1. The Morgan fingerprint density at radius 2 is 1.23 bits per heavy atom. The molecule has 2 unspecified atom stereocenters. The number of anilines is 3. The zero-order chi connectivity index (χ0) is 42.6. The van der Waals surface area contributed by atoms with E-state index in [1.807, 2.05) is 12.1 Å². The van der Waals surface area contributed by atoms with Crippen LogP contribution in [-0.2, 0) is 25.9 Å². The number of rotatable bonds is 9. The second kappa shape index (κ2) is 15.7. The minimum absolute atomic E-state index is 0.0441. The van der Waals surface area contributed by atoms with Gasteiger partial charge in [0.25, 0.3) is 11.8 Å². The van der Waals surface area contributed by atoms with Gasteiger partial charge >= 0.3 is 0 Å². The van der Waals surface area contributed by atoms with Gasteiger partial charge in [-0.2, -0.15) is 14.6 Å². The van der Waals surface area contributed by atoms with Crippen LogP contribution in [0.2, 0.25) is 0 Å². The maximum Gasteiger partial charge on any atom is 0.254 e. The van der Waals surface area contributed by atoms with Gasteiger partial charge in [-0.05, 0) is 114 Å². The van der Waals surface area contributed by atoms with Crippen LogP contribution in [0.4, 0.5) is 21.8 Å². The van der Waals surface area contributed by atoms with E-state index in [9.17, 15) is 14.0 Å². The molecule has 0 radical (unpaired) electrons. The molecule has 4 atom stereocenters. The Kier molecular flexibility index (Phi) is 10.2. The number of aryl methyl sites for hydroxylation is 2. The summed E-state index contributed by atoms with van der Waals surface area (Å²) in [5, 5.41) is 14.8. The molecule has 61 heavy (non-hydrogen) atoms. The lowest BCUT2D eigenvalue weighted by Gasteiger charge is -2.23. The van der Waals surface area contributed by atoms with Crippen molar-refractivity contribution in [2.24, 2.45) is 17.3 Å². The molecule has 2 fully saturated rings. The van der Waals surface area contributed by atoms with E-state index in [0.717, 1.165) is 95.5 Å². The predicted molar refractivity (Wildman–Crippen MR) is 228 cm³/mol. The molecule has 10 rings (SSSR count). The molecule has 0 aromatic carbocycles. The maximum atomic E-state index is 13.1. The number of aromatic nitrogens is 8. The number of nitrogens with two attached hydrogens (primary N) is 2. The highest BCUT2D eigenvalue weighted by atomic mass is 19.1. The van der Waals surface area contributed by atoms with E-state index in [-0.39, 0.29) is 23.9 Å². The lowest BCUT2D eigenvalue weighted by molar-refractivity contribution is 0.0928. The Labute approximate surface area is 353 Å². The second-order valence-corrected chi connectivity index (χ2v) is 17.2. The van der Waals surface area contributed by atoms with E-state index in [4.69, 9.17) is 16.5 Å². The van der Waals surface area contributed by atoms with E-state index in [1.54, 1.807) is 53.3 Å². The van der Waals surface area contributed by atoms with Gasteiger partial charge in [-0.25, -0.2) is 19.9 Å². The predicted octanol–water partition coefficient (Wildman–Crippen LogP) is 5.29. The molecule has 16 heteroatoms. The molecule has 4 aliphatic rings. The number of pyridine rings is 4. The Bertz CT molecular complexity index is 2640. The molecule has 0 bridgehead atoms. The van der Waals surface area contributed by atoms with Gasteiger partial charge in [-0.15, -0.1) is 0 Å². The molecule has 6 aromatic rings. The molecular formula is C45H50FN13O2. The average molecular weight is 824 g/mol. The summed E-state index contributed by atoms with van der Waals surface area (Å²) in [5.41, 5.74) is 21.1. The summed E-state index contributed by atoms with van der Waals surface area (Å²) in [6, 6.07) is 11.0. The van der Waals surface area contributed by atoms with Crippen molar-refractivity contribution in [3.8, 4) is 0 Å². The van der Waals surface area contributed by atoms with Crippen molar-refractivity contribution in [2.75, 3.05) is 29.5 Å². The number of carbonyl (C=O) groups is 2. The smallest absolute Gasteiger partial charge is 0.254 e. The van der Waals surface area contributed by atoms with E-state index in [1.165, 1.54) is 12.3 Å². The minimum atomic E-state index is -0.510. The summed E-state index contributed by atoms with van der Waals surface area (Å²) in [5.74, 6) is 2.93. The van der Waals surface area contributed by atoms with Gasteiger partial charge in [0, 0.05) is 49.3 Å². The second-order valence-electron chi connectivity index (χ2n) is 17.2. The van der Waals surface area contributed by atoms with Crippen LogP contribution >= 0.6 is 0 Å². The summed E-state index contributed by atoms with van der Waals surface area (Å²) < 4.78 is 16.6. The Hall–Kier alpha value is -6.71. The fourth-order valence-corrected chi connectivity index (χ4v) is 9.37. The van der Waals surface area contributed by atoms with Gasteiger partial charge in [0.2, 0.25) is 5.95 Å². The highest BCUT2D eigenvalue weighted by molar-refractivity contribution is 5.94. The van der Waals surface area contributed by atoms with Crippen LogP contribution in [0.1, 0.15) is 104 Å². The van der Waals surface area contributed by atoms with Gasteiger partial charge in [0.05, 0.1) is 48.7 Å². The Morgan fingerprint density at radius 3 is 1.72 bits per heavy atom. The highest BCUT2D eigenvalue weighted by Crippen LogP contribution is 2.62. The number of hydrogen-bond donors (Lipinski definition) is 4. The Balaban J connectivity index is 0.000000161. The van der Waals surface area contributed by atoms with Gasteiger partial charge in [0.15, 0.2) is 0 Å². The van der Waals surface area contributed by atoms with Gasteiger partial charge in [0.1, 0.15) is 17.5 Å². The number of hydrogen-bond acceptors (Lipinski definition) is 11. The topological polar surface area (TPSA) is 201 Å². The fourth-order valence-electron chi connectivity index (χ4n) is 9.37. The van der Waals surface area contributed by atoms with Crippen molar-refractivity contribution in [3.05, 3.63) is 135 Å². The van der Waals surface area contributed by atoms with Crippen LogP contribution in [0.3, 0.4) is 0 Å². The first-order chi connectivity index (χ1) is 29.3. The summed E-state index contributed by atoms with van der Waals surface area (Å²) in [7, 11) is 0. The van der Waals surface area contributed by atoms with Gasteiger partial charge in [-0.3, -0.25) is 19.0 Å². The van der Waals surface area contributed by atoms with E-state index in [0.29, 0.717) is 47.0 Å². The molecule has 1 aliphatic heterocycles. The van der Waals surface area contributed by atoms with Crippen LogP contribution in [0.15, 0.2) is 73.6 Å². The third kappa shape index (κ3) is 7.89. The van der Waals surface area contributed by atoms with Crippen molar-refractivity contribution in [3.63, 3.8) is 0 Å². The van der Waals surface area contributed by atoms with Crippen molar-refractivity contribution >= 4 is 29.3 Å². The van der Waals surface area contributed by atoms with Gasteiger partial charge in [-0.1, -0.05) is 26.0 Å². The molecule has 1 saturated carbocycles. The zero-order valence-electron chi connectivity index (χ0n) is 34.8. The van der Waals surface area contributed by atoms with E-state index >= 15 is 0 Å². The van der Waals surface area contributed by atoms with Crippen molar-refractivity contribution < 1.29 is 14.0 Å². The quantitative estimate of drug-likeness (QED) is 0.138. The van der Waals surface area contributed by atoms with Crippen molar-refractivity contribution in [2.45, 2.75) is 78.6 Å². The number of nitrogen functional groups attached to an aromatic ring is 2. The summed E-state index contributed by atoms with van der Waals surface area (Å²) in [6.45, 7) is 11.8. The fraction of sp³-hybridized carbons (Fsp3) is 0.378. The van der Waals surface area contributed by atoms with E-state index in [2.05, 4.69) is 73.6 Å². The number of nitrogens with one attached hydrogen (secondary N) is 2. The normalized spacial score (nSPS) is 20.3. The SMILES string of the molecule is Cc1nc(F)ccc1Cn1cc(C(=O)N[C@@H]2CCc3c2ccnc3N)cn1.Cc1nc(N2CC3C(C2)C3(C)C)ccc1Cn1cc(C(=O)N[C@@H]2CCc3c2ccnc3N)cn1. The lowest BCUT2D eigenvalue weighted by Crippen LogP contribution is -2.27. The number of carbonyl (C=O) groups excluding carboxylic acids is 2. The molecule has 7 heterocycles. The molecule has 314 valence electrons. The molecule has 1 saturated heterocycles. The minimum Gasteiger partial charge on any atom is -0.383 e. The van der Waals surface area contributed by atoms with Crippen LogP contribution in [0.5, 0.6) is 0 Å². The summed E-state index contributed by atoms with van der Waals surface area (Å²) in [4.78, 5) is 44.8. The van der Waals surface area contributed by atoms with Crippen LogP contribution in [0, 0.1) is 37.0 Å². The number of halogens is 1. The van der Waals surface area contributed by atoms with Gasteiger partial charge < -0.3 is 27.0 Å². The average Bonchev–Trinajstić information content (AvgIpc) is 4.01. The lowest BCUT2D eigenvalue weighted by atomic mass is 10.1. The first-order valence-electron chi connectivity index (χ1n) is 20.8. The molecule has 2 amide bonds. The molecular weight excluding hydrogens is 774 g/mol. The summed E-state index contributed by atoms with van der Waals surface area (Å²) >= 11 is 0. The standard InChI is InChI=1S/C26H31N7O.C19H19FN6O/c1-15-16(4-7-23(30-15)32-13-20-21(14-32)26(20,2)3)11-33-12-17(10-29-33)25(34)31-22-6-5-19-18(22)8-9-28-24(19)27;1-11-12(2-5-17(20)24-11)9-26-10-13(8-23-26)19(27)25-16-4-3-15-14(16)6-7-22-18(15)21/h4,7-10,12,20-22H,5-6,11,13-14H2,1-3H3,(H2,27,28)(H,31,34);2,5-8,10,16H,3-4,9H2,1H3,(H2,21,22)(H,25,27)/t20?,21?,22-;16-/m11/s1. The molecule has 6 aromatic heterocycles. The Morgan fingerprint density at radius 1 is 0.738 bits per heavy atom. The van der Waals surface area contributed by atoms with Crippen LogP contribution < -0.4 is 27.0 Å². The van der Waals surface area contributed by atoms with Crippen molar-refractivity contribution in [1.82, 2.24) is 50.1 Å². The van der Waals surface area contributed by atoms with E-state index < -0.39 is 5.95 Å². The molecule has 15 nitrogen and oxygen atoms in total. The van der Waals surface area contributed by atoms with Crippen LogP contribution in [0.25, 0.3) is 0 Å². The summed E-state index contributed by atoms with van der Waals surface area (Å²) in [6.07, 6.45) is 13.3. The highest BCUT2D eigenvalue weighted by Gasteiger charge is 2.62. The van der Waals surface area contributed by atoms with Crippen LogP contribution in [-0.4, -0.2) is 64.4 Å². The largest absolute Gasteiger partial charge is 0.383 e. The number of amides is 2. The first-order valence-corrected chi connectivity index (χ1v) is 20.8. The molecule has 0 spiro atoms. The molecule has 3 aliphatic carbocycles. The third-order valence-electron chi connectivity index (χ3n) is 13.2. The monoisotopic (exact) mass is 823 g/mol. The number of fused-ring (bicyclic) bond motifs is 3.